The maximum Gasteiger partial charge on any atom is 0.323 e. The van der Waals surface area contributed by atoms with Crippen molar-refractivity contribution in [3.05, 3.63) is 0 Å². The first-order chi connectivity index (χ1) is 5.34. The third-order valence-corrected chi connectivity index (χ3v) is 2.20. The van der Waals surface area contributed by atoms with Gasteiger partial charge in [-0.05, 0) is 20.8 Å². The molecule has 0 aliphatic carbocycles. The van der Waals surface area contributed by atoms with Crippen LogP contribution in [0.1, 0.15) is 20.8 Å². The minimum absolute atomic E-state index is 0.178. The molecule has 2 atom stereocenters. The summed E-state index contributed by atoms with van der Waals surface area (Å²) in [6, 6.07) is -0.718. The number of likely N-dealkylation sites (tertiary alicyclic amines) is 1. The van der Waals surface area contributed by atoms with Gasteiger partial charge in [0.1, 0.15) is 6.04 Å². The Morgan fingerprint density at radius 2 is 2.00 bits per heavy atom. The smallest absolute Gasteiger partial charge is 0.323 e. The van der Waals surface area contributed by atoms with E-state index in [0.717, 1.165) is 0 Å². The van der Waals surface area contributed by atoms with E-state index in [1.165, 1.54) is 0 Å². The van der Waals surface area contributed by atoms with Gasteiger partial charge in [-0.1, -0.05) is 0 Å². The van der Waals surface area contributed by atoms with Gasteiger partial charge in [0, 0.05) is 12.1 Å². The van der Waals surface area contributed by atoms with E-state index in [4.69, 9.17) is 5.11 Å². The Bertz CT molecular complexity index is 197. The zero-order chi connectivity index (χ0) is 9.52. The van der Waals surface area contributed by atoms with E-state index in [-0.39, 0.29) is 5.54 Å². The number of carbonyl (C=O) groups is 1. The molecule has 0 aromatic rings. The summed E-state index contributed by atoms with van der Waals surface area (Å²) in [6.45, 7) is 6.28. The molecule has 1 saturated heterocycles. The average molecular weight is 173 g/mol. The van der Waals surface area contributed by atoms with Crippen LogP contribution in [0.5, 0.6) is 0 Å². The number of hydrogen-bond donors (Lipinski definition) is 2. The van der Waals surface area contributed by atoms with Crippen molar-refractivity contribution in [3.63, 3.8) is 0 Å². The van der Waals surface area contributed by atoms with Gasteiger partial charge in [0.15, 0.2) is 0 Å². The van der Waals surface area contributed by atoms with Gasteiger partial charge in [0.25, 0.3) is 0 Å². The molecule has 2 N–H and O–H groups in total. The number of nitrogens with zero attached hydrogens (tertiary/aromatic N) is 1. The largest absolute Gasteiger partial charge is 0.480 e. The molecule has 1 aliphatic heterocycles. The van der Waals surface area contributed by atoms with Gasteiger partial charge in [-0.25, -0.2) is 0 Å². The molecule has 12 heavy (non-hydrogen) atoms. The molecular formula is C8H15NO3. The molecule has 1 heterocycles. The molecule has 1 fully saturated rings. The van der Waals surface area contributed by atoms with Crippen LogP contribution in [-0.4, -0.2) is 45.3 Å². The molecule has 0 radical (unpaired) electrons. The minimum atomic E-state index is -0.941. The Kier molecular flexibility index (Phi) is 2.14. The molecule has 0 amide bonds. The van der Waals surface area contributed by atoms with E-state index in [1.54, 1.807) is 4.90 Å². The van der Waals surface area contributed by atoms with Gasteiger partial charge in [-0.2, -0.15) is 0 Å². The van der Waals surface area contributed by atoms with Crippen molar-refractivity contribution in [2.75, 3.05) is 6.54 Å². The molecule has 4 nitrogen and oxygen atoms in total. The predicted molar refractivity (Wildman–Crippen MR) is 43.9 cm³/mol. The fourth-order valence-corrected chi connectivity index (χ4v) is 1.47. The number of aliphatic hydroxyl groups is 1. The number of carboxylic acid groups (broad SMARTS) is 1. The van der Waals surface area contributed by atoms with Gasteiger partial charge in [-0.3, -0.25) is 9.69 Å². The van der Waals surface area contributed by atoms with Crippen LogP contribution < -0.4 is 0 Å². The first-order valence-corrected chi connectivity index (χ1v) is 4.01. The van der Waals surface area contributed by atoms with Crippen molar-refractivity contribution < 1.29 is 15.0 Å². The average Bonchev–Trinajstić information content (AvgIpc) is 1.78. The molecule has 1 rings (SSSR count). The van der Waals surface area contributed by atoms with Crippen LogP contribution in [0.3, 0.4) is 0 Å². The Balaban J connectivity index is 2.67. The van der Waals surface area contributed by atoms with Crippen molar-refractivity contribution >= 4 is 5.97 Å². The van der Waals surface area contributed by atoms with Gasteiger partial charge < -0.3 is 10.2 Å². The molecule has 1 aliphatic rings. The van der Waals surface area contributed by atoms with Crippen molar-refractivity contribution in [1.29, 1.82) is 0 Å². The van der Waals surface area contributed by atoms with E-state index in [0.29, 0.717) is 6.54 Å². The van der Waals surface area contributed by atoms with E-state index < -0.39 is 18.1 Å². The number of hydrogen-bond acceptors (Lipinski definition) is 3. The molecular weight excluding hydrogens is 158 g/mol. The summed E-state index contributed by atoms with van der Waals surface area (Å²) >= 11 is 0. The predicted octanol–water partition coefficient (Wildman–Crippen LogP) is -0.0854. The first-order valence-electron chi connectivity index (χ1n) is 4.01. The maximum atomic E-state index is 10.6. The summed E-state index contributed by atoms with van der Waals surface area (Å²) in [4.78, 5) is 12.4. The molecule has 0 spiro atoms. The van der Waals surface area contributed by atoms with Crippen LogP contribution in [0.4, 0.5) is 0 Å². The van der Waals surface area contributed by atoms with E-state index >= 15 is 0 Å². The molecule has 70 valence electrons. The quantitative estimate of drug-likeness (QED) is 0.582. The van der Waals surface area contributed by atoms with Crippen LogP contribution in [0, 0.1) is 0 Å². The van der Waals surface area contributed by atoms with Crippen LogP contribution in [0.15, 0.2) is 0 Å². The van der Waals surface area contributed by atoms with Crippen molar-refractivity contribution in [3.8, 4) is 0 Å². The van der Waals surface area contributed by atoms with Gasteiger partial charge in [0.05, 0.1) is 6.10 Å². The van der Waals surface area contributed by atoms with Crippen molar-refractivity contribution in [2.24, 2.45) is 0 Å². The van der Waals surface area contributed by atoms with Crippen LogP contribution >= 0.6 is 0 Å². The number of rotatable bonds is 1. The highest BCUT2D eigenvalue weighted by Gasteiger charge is 2.47. The number of β-amino-alcohol motifs (C(OH)–C–C–N with tert-alkyl or cyclic N) is 1. The fourth-order valence-electron chi connectivity index (χ4n) is 1.47. The summed E-state index contributed by atoms with van der Waals surface area (Å²) in [7, 11) is 0. The highest BCUT2D eigenvalue weighted by Crippen LogP contribution is 2.27. The molecule has 0 saturated carbocycles. The number of carboxylic acids is 1. The molecule has 0 aromatic heterocycles. The van der Waals surface area contributed by atoms with E-state index in [9.17, 15) is 9.90 Å². The van der Waals surface area contributed by atoms with E-state index in [2.05, 4.69) is 0 Å². The molecule has 4 heteroatoms. The maximum absolute atomic E-state index is 10.6. The SMILES string of the molecule is CC(C)(C)N1CC(O)C1C(=O)O. The van der Waals surface area contributed by atoms with Gasteiger partial charge >= 0.3 is 5.97 Å². The lowest BCUT2D eigenvalue weighted by atomic mass is 9.91. The normalized spacial score (nSPS) is 31.3. The zero-order valence-electron chi connectivity index (χ0n) is 7.61. The number of aliphatic carboxylic acids is 1. The lowest BCUT2D eigenvalue weighted by Crippen LogP contribution is -2.69. The lowest BCUT2D eigenvalue weighted by molar-refractivity contribution is -0.169. The Hall–Kier alpha value is -0.610. The standard InChI is InChI=1S/C8H15NO3/c1-8(2,3)9-4-5(10)6(9)7(11)12/h5-6,10H,4H2,1-3H3,(H,11,12). The van der Waals surface area contributed by atoms with Gasteiger partial charge in [-0.15, -0.1) is 0 Å². The van der Waals surface area contributed by atoms with Crippen LogP contribution in [0.2, 0.25) is 0 Å². The van der Waals surface area contributed by atoms with E-state index in [1.807, 2.05) is 20.8 Å². The second kappa shape index (κ2) is 2.71. The molecule has 0 bridgehead atoms. The first kappa shape index (κ1) is 9.48. The number of aliphatic hydroxyl groups excluding tert-OH is 1. The molecule has 0 aromatic carbocycles. The summed E-state index contributed by atoms with van der Waals surface area (Å²) in [6.07, 6.45) is -0.707. The lowest BCUT2D eigenvalue weighted by Gasteiger charge is -2.50. The second-order valence-corrected chi connectivity index (χ2v) is 4.17. The monoisotopic (exact) mass is 173 g/mol. The highest BCUT2D eigenvalue weighted by molar-refractivity contribution is 5.75. The van der Waals surface area contributed by atoms with Crippen LogP contribution in [0.25, 0.3) is 0 Å². The Labute approximate surface area is 71.8 Å². The fraction of sp³-hybridized carbons (Fsp3) is 0.875. The van der Waals surface area contributed by atoms with Crippen LogP contribution in [-0.2, 0) is 4.79 Å². The highest BCUT2D eigenvalue weighted by atomic mass is 16.4. The van der Waals surface area contributed by atoms with Gasteiger partial charge in [0.2, 0.25) is 0 Å². The van der Waals surface area contributed by atoms with Crippen molar-refractivity contribution in [2.45, 2.75) is 38.5 Å². The third-order valence-electron chi connectivity index (χ3n) is 2.20. The third kappa shape index (κ3) is 1.44. The second-order valence-electron chi connectivity index (χ2n) is 4.17. The summed E-state index contributed by atoms with van der Waals surface area (Å²) in [5.74, 6) is -0.941. The summed E-state index contributed by atoms with van der Waals surface area (Å²) in [5, 5.41) is 17.9. The topological polar surface area (TPSA) is 60.8 Å². The Morgan fingerprint density at radius 1 is 1.50 bits per heavy atom. The molecule has 2 unspecified atom stereocenters. The zero-order valence-corrected chi connectivity index (χ0v) is 7.61. The minimum Gasteiger partial charge on any atom is -0.480 e. The Morgan fingerprint density at radius 3 is 2.17 bits per heavy atom. The summed E-state index contributed by atoms with van der Waals surface area (Å²) < 4.78 is 0. The van der Waals surface area contributed by atoms with Crippen molar-refractivity contribution in [1.82, 2.24) is 4.90 Å². The summed E-state index contributed by atoms with van der Waals surface area (Å²) in [5.41, 5.74) is -0.178.